The fourth-order valence-corrected chi connectivity index (χ4v) is 4.26. The summed E-state index contributed by atoms with van der Waals surface area (Å²) in [5, 5.41) is 17.1. The number of nitrogens with zero attached hydrogens (tertiary/aromatic N) is 3. The number of thioether (sulfide) groups is 1. The van der Waals surface area contributed by atoms with Crippen molar-refractivity contribution in [3.63, 3.8) is 0 Å². The summed E-state index contributed by atoms with van der Waals surface area (Å²) in [6.07, 6.45) is 2.58. The smallest absolute Gasteiger partial charge is 0.182 e. The number of anilines is 1. The fraction of sp³-hybridized carbons (Fsp3) is 0.211. The number of thiocarbonyl (C=S) groups is 1. The number of rotatable bonds is 6. The van der Waals surface area contributed by atoms with E-state index in [2.05, 4.69) is 15.4 Å². The second-order valence-electron chi connectivity index (χ2n) is 6.42. The number of nitrogens with one attached hydrogen (secondary N) is 1. The summed E-state index contributed by atoms with van der Waals surface area (Å²) in [6, 6.07) is 6.41. The van der Waals surface area contributed by atoms with Crippen LogP contribution in [0, 0.1) is 23.3 Å². The van der Waals surface area contributed by atoms with Crippen molar-refractivity contribution in [1.82, 2.24) is 14.8 Å². The predicted molar refractivity (Wildman–Crippen MR) is 110 cm³/mol. The Kier molecular flexibility index (Phi) is 6.74. The van der Waals surface area contributed by atoms with Gasteiger partial charge in [-0.2, -0.15) is 5.10 Å². The molecule has 3 aromatic rings. The standard InChI is InChI=1S/C19H16F4N4OS2/c1-11(30-18(29)26-16-4-2-3-14(21)17(16)23)19(28,8-27-10-24-9-25-27)13-6-5-12(20)7-15(13)22/h2-7,9-11,28H,8H2,1H3,(H,26,29)/t11-,19-/m1/s1. The first-order chi connectivity index (χ1) is 14.2. The molecule has 2 atom stereocenters. The Labute approximate surface area is 179 Å². The van der Waals surface area contributed by atoms with Crippen LogP contribution < -0.4 is 5.32 Å². The number of hydrogen-bond donors (Lipinski definition) is 2. The van der Waals surface area contributed by atoms with Gasteiger partial charge in [-0.3, -0.25) is 0 Å². The van der Waals surface area contributed by atoms with Crippen molar-refractivity contribution >= 4 is 34.0 Å². The lowest BCUT2D eigenvalue weighted by molar-refractivity contribution is 0.0136. The van der Waals surface area contributed by atoms with E-state index in [0.717, 1.165) is 30.0 Å². The molecule has 11 heteroatoms. The Morgan fingerprint density at radius 1 is 1.23 bits per heavy atom. The Bertz CT molecular complexity index is 1050. The minimum absolute atomic E-state index is 0.0199. The zero-order chi connectivity index (χ0) is 21.9. The van der Waals surface area contributed by atoms with Crippen molar-refractivity contribution < 1.29 is 22.7 Å². The van der Waals surface area contributed by atoms with Gasteiger partial charge in [0.05, 0.1) is 12.2 Å². The molecule has 3 rings (SSSR count). The van der Waals surface area contributed by atoms with Gasteiger partial charge in [-0.25, -0.2) is 27.2 Å². The van der Waals surface area contributed by atoms with Crippen molar-refractivity contribution in [2.24, 2.45) is 0 Å². The number of aliphatic hydroxyl groups is 1. The van der Waals surface area contributed by atoms with Crippen molar-refractivity contribution in [3.05, 3.63) is 77.9 Å². The number of hydrogen-bond acceptors (Lipinski definition) is 5. The molecule has 1 heterocycles. The molecule has 158 valence electrons. The first-order valence-electron chi connectivity index (χ1n) is 8.62. The van der Waals surface area contributed by atoms with Crippen LogP contribution in [0.5, 0.6) is 0 Å². The van der Waals surface area contributed by atoms with Crippen LogP contribution in [0.25, 0.3) is 0 Å². The normalized spacial score (nSPS) is 14.2. The predicted octanol–water partition coefficient (Wildman–Crippen LogP) is 4.24. The molecule has 30 heavy (non-hydrogen) atoms. The summed E-state index contributed by atoms with van der Waals surface area (Å²) < 4.78 is 56.5. The highest BCUT2D eigenvalue weighted by atomic mass is 32.2. The maximum Gasteiger partial charge on any atom is 0.182 e. The molecule has 0 aliphatic carbocycles. The maximum atomic E-state index is 14.5. The topological polar surface area (TPSA) is 63.0 Å². The maximum absolute atomic E-state index is 14.5. The van der Waals surface area contributed by atoms with E-state index in [1.165, 1.54) is 29.5 Å². The molecule has 0 spiro atoms. The van der Waals surface area contributed by atoms with Crippen LogP contribution >= 0.6 is 24.0 Å². The molecule has 2 aromatic carbocycles. The minimum atomic E-state index is -1.89. The molecule has 0 bridgehead atoms. The van der Waals surface area contributed by atoms with Crippen molar-refractivity contribution in [1.29, 1.82) is 0 Å². The van der Waals surface area contributed by atoms with Crippen molar-refractivity contribution in [3.8, 4) is 0 Å². The average Bonchev–Trinajstić information content (AvgIpc) is 3.18. The summed E-state index contributed by atoms with van der Waals surface area (Å²) in [4.78, 5) is 3.80. The third kappa shape index (κ3) is 4.79. The molecule has 0 saturated carbocycles. The fourth-order valence-electron chi connectivity index (χ4n) is 2.83. The Hall–Kier alpha value is -2.50. The van der Waals surface area contributed by atoms with E-state index in [1.54, 1.807) is 6.92 Å². The highest BCUT2D eigenvalue weighted by Gasteiger charge is 2.40. The second kappa shape index (κ2) is 9.11. The highest BCUT2D eigenvalue weighted by molar-refractivity contribution is 8.23. The van der Waals surface area contributed by atoms with Gasteiger partial charge in [0.2, 0.25) is 0 Å². The molecule has 0 saturated heterocycles. The van der Waals surface area contributed by atoms with Gasteiger partial charge in [-0.15, -0.1) is 0 Å². The molecule has 0 fully saturated rings. The molecular weight excluding hydrogens is 440 g/mol. The van der Waals surface area contributed by atoms with E-state index in [9.17, 15) is 22.7 Å². The van der Waals surface area contributed by atoms with Crippen LogP contribution in [-0.2, 0) is 12.1 Å². The van der Waals surface area contributed by atoms with E-state index < -0.39 is 34.1 Å². The third-order valence-corrected chi connectivity index (χ3v) is 5.86. The van der Waals surface area contributed by atoms with Crippen LogP contribution in [0.2, 0.25) is 0 Å². The van der Waals surface area contributed by atoms with Gasteiger partial charge < -0.3 is 10.4 Å². The Morgan fingerprint density at radius 2 is 2.00 bits per heavy atom. The van der Waals surface area contributed by atoms with Gasteiger partial charge in [0, 0.05) is 16.9 Å². The second-order valence-corrected chi connectivity index (χ2v) is 8.43. The Balaban J connectivity index is 1.87. The lowest BCUT2D eigenvalue weighted by atomic mass is 9.90. The van der Waals surface area contributed by atoms with Gasteiger partial charge in [0.15, 0.2) is 11.6 Å². The summed E-state index contributed by atoms with van der Waals surface area (Å²) in [7, 11) is 0. The monoisotopic (exact) mass is 456 g/mol. The van der Waals surface area contributed by atoms with Gasteiger partial charge >= 0.3 is 0 Å². The molecule has 5 nitrogen and oxygen atoms in total. The van der Waals surface area contributed by atoms with Crippen LogP contribution in [0.15, 0.2) is 49.1 Å². The number of aromatic nitrogens is 3. The SMILES string of the molecule is C[C@@H](SC(=S)Nc1cccc(F)c1F)[C@](O)(Cn1cncn1)c1ccc(F)cc1F. The lowest BCUT2D eigenvalue weighted by Gasteiger charge is -2.34. The molecular formula is C19H16F4N4OS2. The van der Waals surface area contributed by atoms with E-state index in [0.29, 0.717) is 6.07 Å². The molecule has 2 N–H and O–H groups in total. The quantitative estimate of drug-likeness (QED) is 0.427. The molecule has 0 aliphatic heterocycles. The van der Waals surface area contributed by atoms with E-state index in [1.807, 2.05) is 0 Å². The number of halogens is 4. The largest absolute Gasteiger partial charge is 0.382 e. The minimum Gasteiger partial charge on any atom is -0.382 e. The molecule has 0 radical (unpaired) electrons. The zero-order valence-electron chi connectivity index (χ0n) is 15.5. The summed E-state index contributed by atoms with van der Waals surface area (Å²) in [5.74, 6) is -3.88. The molecule has 1 aromatic heterocycles. The summed E-state index contributed by atoms with van der Waals surface area (Å²) in [5.41, 5.74) is -2.23. The zero-order valence-corrected chi connectivity index (χ0v) is 17.2. The van der Waals surface area contributed by atoms with Crippen molar-refractivity contribution in [2.75, 3.05) is 5.32 Å². The van der Waals surface area contributed by atoms with Crippen LogP contribution in [0.3, 0.4) is 0 Å². The van der Waals surface area contributed by atoms with Crippen molar-refractivity contribution in [2.45, 2.75) is 24.3 Å². The Morgan fingerprint density at radius 3 is 2.67 bits per heavy atom. The van der Waals surface area contributed by atoms with Crippen LogP contribution in [0.1, 0.15) is 12.5 Å². The van der Waals surface area contributed by atoms with E-state index in [4.69, 9.17) is 12.2 Å². The van der Waals surface area contributed by atoms with Gasteiger partial charge in [-0.1, -0.05) is 36.1 Å². The molecule has 0 aliphatic rings. The highest BCUT2D eigenvalue weighted by Crippen LogP contribution is 2.37. The first kappa shape index (κ1) is 22.2. The van der Waals surface area contributed by atoms with E-state index in [-0.39, 0.29) is 22.1 Å². The van der Waals surface area contributed by atoms with Crippen LogP contribution in [0.4, 0.5) is 23.2 Å². The number of benzene rings is 2. The van der Waals surface area contributed by atoms with E-state index >= 15 is 0 Å². The average molecular weight is 456 g/mol. The summed E-state index contributed by atoms with van der Waals surface area (Å²) in [6.45, 7) is 1.36. The summed E-state index contributed by atoms with van der Waals surface area (Å²) >= 11 is 6.10. The van der Waals surface area contributed by atoms with Gasteiger partial charge in [0.1, 0.15) is 34.2 Å². The van der Waals surface area contributed by atoms with Gasteiger partial charge in [-0.05, 0) is 25.1 Å². The van der Waals surface area contributed by atoms with Crippen LogP contribution in [-0.4, -0.2) is 29.4 Å². The first-order valence-corrected chi connectivity index (χ1v) is 9.91. The molecule has 0 amide bonds. The molecule has 0 unspecified atom stereocenters. The third-order valence-electron chi connectivity index (χ3n) is 4.41. The lowest BCUT2D eigenvalue weighted by Crippen LogP contribution is -2.42. The van der Waals surface area contributed by atoms with Gasteiger partial charge in [0.25, 0.3) is 0 Å².